The Labute approximate surface area is 170 Å². The SMILES string of the molecule is C=C(N=Cc1cc(F)cc(Cl)c1)/C(=C\NC)OC.COc1ccc(N)c(C)c1. The molecule has 0 atom stereocenters. The van der Waals surface area contributed by atoms with Crippen LogP contribution in [0, 0.1) is 12.7 Å². The Morgan fingerprint density at radius 1 is 1.25 bits per heavy atom. The molecule has 0 heterocycles. The molecule has 0 saturated heterocycles. The van der Waals surface area contributed by atoms with Gasteiger partial charge >= 0.3 is 0 Å². The molecule has 150 valence electrons. The molecule has 0 aliphatic rings. The number of nitrogens with two attached hydrogens (primary N) is 1. The zero-order valence-electron chi connectivity index (χ0n) is 16.4. The second kappa shape index (κ2) is 11.7. The van der Waals surface area contributed by atoms with E-state index in [2.05, 4.69) is 16.9 Å². The summed E-state index contributed by atoms with van der Waals surface area (Å²) in [5.74, 6) is 0.940. The maximum absolute atomic E-state index is 13.1. The minimum absolute atomic E-state index is 0.319. The Balaban J connectivity index is 0.000000330. The number of halogens is 2. The molecule has 7 heteroatoms. The van der Waals surface area contributed by atoms with Crippen LogP contribution in [0.4, 0.5) is 10.1 Å². The Morgan fingerprint density at radius 2 is 1.96 bits per heavy atom. The molecule has 0 bridgehead atoms. The predicted octanol–water partition coefficient (Wildman–Crippen LogP) is 4.70. The minimum atomic E-state index is -0.410. The maximum Gasteiger partial charge on any atom is 0.159 e. The zero-order valence-corrected chi connectivity index (χ0v) is 17.2. The molecule has 2 aromatic carbocycles. The normalized spacial score (nSPS) is 10.9. The van der Waals surface area contributed by atoms with Crippen molar-refractivity contribution in [2.75, 3.05) is 27.0 Å². The van der Waals surface area contributed by atoms with E-state index in [0.717, 1.165) is 17.0 Å². The van der Waals surface area contributed by atoms with E-state index in [1.54, 1.807) is 26.4 Å². The van der Waals surface area contributed by atoms with E-state index < -0.39 is 5.82 Å². The number of anilines is 1. The van der Waals surface area contributed by atoms with Gasteiger partial charge in [0.2, 0.25) is 0 Å². The monoisotopic (exact) mass is 405 g/mol. The first-order chi connectivity index (χ1) is 13.3. The smallest absolute Gasteiger partial charge is 0.159 e. The molecule has 0 radical (unpaired) electrons. The number of hydrogen-bond donors (Lipinski definition) is 2. The van der Waals surface area contributed by atoms with Crippen molar-refractivity contribution < 1.29 is 13.9 Å². The van der Waals surface area contributed by atoms with Gasteiger partial charge in [-0.1, -0.05) is 18.2 Å². The molecule has 5 nitrogen and oxygen atoms in total. The van der Waals surface area contributed by atoms with Gasteiger partial charge in [0.05, 0.1) is 19.9 Å². The number of hydrogen-bond acceptors (Lipinski definition) is 5. The lowest BCUT2D eigenvalue weighted by Crippen LogP contribution is -1.99. The van der Waals surface area contributed by atoms with Crippen LogP contribution in [0.1, 0.15) is 11.1 Å². The minimum Gasteiger partial charge on any atom is -0.497 e. The van der Waals surface area contributed by atoms with E-state index in [1.165, 1.54) is 25.5 Å². The molecule has 0 amide bonds. The Kier molecular flexibility index (Phi) is 9.60. The predicted molar refractivity (Wildman–Crippen MR) is 114 cm³/mol. The van der Waals surface area contributed by atoms with Gasteiger partial charge in [0, 0.05) is 30.2 Å². The van der Waals surface area contributed by atoms with Crippen molar-refractivity contribution in [2.24, 2.45) is 4.99 Å². The fraction of sp³-hybridized carbons (Fsp3) is 0.190. The zero-order chi connectivity index (χ0) is 21.1. The maximum atomic E-state index is 13.1. The molecule has 2 aromatic rings. The molecule has 0 spiro atoms. The molecule has 0 saturated carbocycles. The summed E-state index contributed by atoms with van der Waals surface area (Å²) in [6, 6.07) is 9.77. The highest BCUT2D eigenvalue weighted by molar-refractivity contribution is 6.30. The summed E-state index contributed by atoms with van der Waals surface area (Å²) >= 11 is 5.73. The average molecular weight is 406 g/mol. The summed E-state index contributed by atoms with van der Waals surface area (Å²) < 4.78 is 23.2. The number of ether oxygens (including phenoxy) is 2. The van der Waals surface area contributed by atoms with E-state index in [4.69, 9.17) is 26.8 Å². The lowest BCUT2D eigenvalue weighted by atomic mass is 10.2. The van der Waals surface area contributed by atoms with E-state index in [9.17, 15) is 4.39 Å². The second-order valence-corrected chi connectivity index (χ2v) is 6.07. The Hall–Kier alpha value is -2.99. The van der Waals surface area contributed by atoms with Gasteiger partial charge < -0.3 is 20.5 Å². The highest BCUT2D eigenvalue weighted by atomic mass is 35.5. The molecule has 0 aromatic heterocycles. The van der Waals surface area contributed by atoms with Crippen molar-refractivity contribution >= 4 is 23.5 Å². The van der Waals surface area contributed by atoms with Crippen LogP contribution in [0.3, 0.4) is 0 Å². The van der Waals surface area contributed by atoms with Gasteiger partial charge in [-0.3, -0.25) is 4.99 Å². The average Bonchev–Trinajstić information content (AvgIpc) is 2.66. The van der Waals surface area contributed by atoms with Crippen molar-refractivity contribution in [2.45, 2.75) is 6.92 Å². The number of methoxy groups -OCH3 is 2. The fourth-order valence-electron chi connectivity index (χ4n) is 2.03. The van der Waals surface area contributed by atoms with Crippen molar-refractivity contribution in [3.05, 3.63) is 82.6 Å². The van der Waals surface area contributed by atoms with Gasteiger partial charge in [-0.2, -0.15) is 0 Å². The van der Waals surface area contributed by atoms with E-state index in [1.807, 2.05) is 25.1 Å². The number of nitrogen functional groups attached to an aromatic ring is 1. The van der Waals surface area contributed by atoms with E-state index in [0.29, 0.717) is 22.0 Å². The molecule has 0 unspecified atom stereocenters. The molecular weight excluding hydrogens is 381 g/mol. The van der Waals surface area contributed by atoms with Crippen molar-refractivity contribution in [1.82, 2.24) is 5.32 Å². The molecule has 0 aliphatic heterocycles. The van der Waals surface area contributed by atoms with Gasteiger partial charge in [-0.05, 0) is 54.4 Å². The quantitative estimate of drug-likeness (QED) is 0.316. The first-order valence-electron chi connectivity index (χ1n) is 8.31. The summed E-state index contributed by atoms with van der Waals surface area (Å²) in [7, 11) is 4.90. The fourth-order valence-corrected chi connectivity index (χ4v) is 2.26. The molecular formula is C21H25ClFN3O2. The number of rotatable bonds is 6. The number of nitrogens with zero attached hydrogens (tertiary/aromatic N) is 1. The van der Waals surface area contributed by atoms with Crippen LogP contribution in [0.15, 0.2) is 65.6 Å². The topological polar surface area (TPSA) is 68.9 Å². The van der Waals surface area contributed by atoms with Crippen LogP contribution in [0.25, 0.3) is 0 Å². The highest BCUT2D eigenvalue weighted by Crippen LogP contribution is 2.17. The van der Waals surface area contributed by atoms with Crippen LogP contribution in [-0.4, -0.2) is 27.5 Å². The highest BCUT2D eigenvalue weighted by Gasteiger charge is 2.01. The number of benzene rings is 2. The van der Waals surface area contributed by atoms with Crippen LogP contribution in [0.5, 0.6) is 5.75 Å². The standard InChI is InChI=1S/C13H14ClFN2O.C8H11NO/c1-9(13(18-3)8-16-2)17-7-10-4-11(14)6-12(15)5-10;1-6-5-7(10-2)3-4-8(6)9/h4-8,16H,1H2,2-3H3;3-5H,9H2,1-2H3/b13-8+,17-7?;. The third-order valence-corrected chi connectivity index (χ3v) is 3.73. The molecule has 28 heavy (non-hydrogen) atoms. The molecule has 0 fully saturated rings. The lowest BCUT2D eigenvalue weighted by molar-refractivity contribution is 0.298. The van der Waals surface area contributed by atoms with Gasteiger partial charge in [0.25, 0.3) is 0 Å². The van der Waals surface area contributed by atoms with E-state index >= 15 is 0 Å². The van der Waals surface area contributed by atoms with E-state index in [-0.39, 0.29) is 0 Å². The molecule has 2 rings (SSSR count). The lowest BCUT2D eigenvalue weighted by Gasteiger charge is -2.04. The Morgan fingerprint density at radius 3 is 2.50 bits per heavy atom. The summed E-state index contributed by atoms with van der Waals surface area (Å²) in [6.07, 6.45) is 3.10. The van der Waals surface area contributed by atoms with Gasteiger partial charge in [-0.15, -0.1) is 0 Å². The first-order valence-corrected chi connectivity index (χ1v) is 8.69. The Bertz CT molecular complexity index is 846. The van der Waals surface area contributed by atoms with Crippen molar-refractivity contribution in [3.8, 4) is 5.75 Å². The van der Waals surface area contributed by atoms with Gasteiger partial charge in [-0.25, -0.2) is 4.39 Å². The van der Waals surface area contributed by atoms with Crippen LogP contribution >= 0.6 is 11.6 Å². The van der Waals surface area contributed by atoms with Crippen LogP contribution in [0.2, 0.25) is 5.02 Å². The number of aryl methyl sites for hydroxylation is 1. The summed E-state index contributed by atoms with van der Waals surface area (Å²) in [4.78, 5) is 4.09. The third kappa shape index (κ3) is 7.72. The van der Waals surface area contributed by atoms with Gasteiger partial charge in [0.1, 0.15) is 11.6 Å². The number of aliphatic imine (C=N–C) groups is 1. The largest absolute Gasteiger partial charge is 0.497 e. The summed E-state index contributed by atoms with van der Waals surface area (Å²) in [5.41, 5.74) is 8.43. The van der Waals surface area contributed by atoms with Crippen molar-refractivity contribution in [1.29, 1.82) is 0 Å². The molecule has 3 N–H and O–H groups in total. The molecule has 0 aliphatic carbocycles. The van der Waals surface area contributed by atoms with Crippen molar-refractivity contribution in [3.63, 3.8) is 0 Å². The number of nitrogens with one attached hydrogen (secondary N) is 1. The van der Waals surface area contributed by atoms with Crippen LogP contribution < -0.4 is 15.8 Å². The third-order valence-electron chi connectivity index (χ3n) is 3.51. The summed E-state index contributed by atoms with van der Waals surface area (Å²) in [5, 5.41) is 3.13. The van der Waals surface area contributed by atoms with Gasteiger partial charge in [0.15, 0.2) is 5.76 Å². The first kappa shape index (κ1) is 23.0. The summed E-state index contributed by atoms with van der Waals surface area (Å²) in [6.45, 7) is 5.70. The second-order valence-electron chi connectivity index (χ2n) is 5.63. The van der Waals surface area contributed by atoms with Crippen LogP contribution in [-0.2, 0) is 4.74 Å².